The van der Waals surface area contributed by atoms with Gasteiger partial charge in [0.15, 0.2) is 11.5 Å². The molecule has 0 unspecified atom stereocenters. The number of nitrogens with one attached hydrogen (secondary N) is 1. The summed E-state index contributed by atoms with van der Waals surface area (Å²) in [5, 5.41) is 3.50. The molecule has 196 valence electrons. The Morgan fingerprint density at radius 3 is 2.59 bits per heavy atom. The molecular weight excluding hydrogens is 486 g/mol. The molecule has 7 heteroatoms. The zero-order valence-corrected chi connectivity index (χ0v) is 22.1. The Balaban J connectivity index is 1.49. The van der Waals surface area contributed by atoms with Crippen LogP contribution < -0.4 is 15.8 Å². The summed E-state index contributed by atoms with van der Waals surface area (Å²) in [6.45, 7) is 5.08. The van der Waals surface area contributed by atoms with Crippen molar-refractivity contribution in [2.24, 2.45) is 11.7 Å². The lowest BCUT2D eigenvalue weighted by atomic mass is 9.98. The van der Waals surface area contributed by atoms with Crippen molar-refractivity contribution in [3.05, 3.63) is 96.3 Å². The lowest BCUT2D eigenvalue weighted by molar-refractivity contribution is 0.0999. The van der Waals surface area contributed by atoms with E-state index in [-0.39, 0.29) is 5.91 Å². The van der Waals surface area contributed by atoms with Crippen LogP contribution in [0, 0.1) is 5.92 Å². The van der Waals surface area contributed by atoms with Crippen LogP contribution in [0.2, 0.25) is 0 Å². The maximum atomic E-state index is 12.1. The zero-order chi connectivity index (χ0) is 26.9. The standard InChI is InChI=1S/C32H31N5O2/c1-20(2)17-34-31-32-35-18-28(22-14-15-24(30(33)38)26(16-22)21-12-13-21)37(32)19-27(36-31)25-10-6-7-11-29(25)39-23-8-4-3-5-9-23/h3-11,14-16,18-21H,12-13,17H2,1-2H3,(H2,33,38)(H,34,36). The van der Waals surface area contributed by atoms with Crippen LogP contribution >= 0.6 is 0 Å². The van der Waals surface area contributed by atoms with E-state index in [9.17, 15) is 4.79 Å². The largest absolute Gasteiger partial charge is 0.457 e. The monoisotopic (exact) mass is 517 g/mol. The van der Waals surface area contributed by atoms with Crippen molar-refractivity contribution < 1.29 is 9.53 Å². The van der Waals surface area contributed by atoms with Gasteiger partial charge in [-0.25, -0.2) is 9.97 Å². The molecule has 0 saturated heterocycles. The predicted octanol–water partition coefficient (Wildman–Crippen LogP) is 6.90. The number of amides is 1. The lowest BCUT2D eigenvalue weighted by Gasteiger charge is -2.15. The lowest BCUT2D eigenvalue weighted by Crippen LogP contribution is -2.13. The minimum Gasteiger partial charge on any atom is -0.457 e. The van der Waals surface area contributed by atoms with Crippen LogP contribution in [0.4, 0.5) is 5.82 Å². The second kappa shape index (κ2) is 10.3. The average Bonchev–Trinajstić information content (AvgIpc) is 3.71. The maximum Gasteiger partial charge on any atom is 0.248 e. The molecule has 1 saturated carbocycles. The van der Waals surface area contributed by atoms with Crippen molar-refractivity contribution >= 4 is 17.4 Å². The van der Waals surface area contributed by atoms with E-state index in [1.165, 1.54) is 0 Å². The molecule has 7 nitrogen and oxygen atoms in total. The smallest absolute Gasteiger partial charge is 0.248 e. The fourth-order valence-corrected chi connectivity index (χ4v) is 4.81. The molecule has 0 bridgehead atoms. The number of rotatable bonds is 9. The number of fused-ring (bicyclic) bond motifs is 1. The molecule has 39 heavy (non-hydrogen) atoms. The topological polar surface area (TPSA) is 94.5 Å². The van der Waals surface area contributed by atoms with Gasteiger partial charge >= 0.3 is 0 Å². The van der Waals surface area contributed by atoms with Crippen molar-refractivity contribution in [3.63, 3.8) is 0 Å². The Bertz CT molecular complexity index is 1650. The molecule has 1 fully saturated rings. The highest BCUT2D eigenvalue weighted by Gasteiger charge is 2.28. The first kappa shape index (κ1) is 24.7. The van der Waals surface area contributed by atoms with Gasteiger partial charge in [-0.05, 0) is 66.6 Å². The molecular formula is C32H31N5O2. The summed E-state index contributed by atoms with van der Waals surface area (Å²) in [7, 11) is 0. The average molecular weight is 518 g/mol. The number of carbonyl (C=O) groups excluding carboxylic acids is 1. The number of primary amides is 1. The number of hydrogen-bond donors (Lipinski definition) is 2. The van der Waals surface area contributed by atoms with Gasteiger partial charge in [0, 0.05) is 29.4 Å². The summed E-state index contributed by atoms with van der Waals surface area (Å²) >= 11 is 0. The van der Waals surface area contributed by atoms with Crippen molar-refractivity contribution in [1.82, 2.24) is 14.4 Å². The molecule has 1 amide bonds. The van der Waals surface area contributed by atoms with Gasteiger partial charge in [0.25, 0.3) is 0 Å². The SMILES string of the molecule is CC(C)CNc1nc(-c2ccccc2Oc2ccccc2)cn2c(-c3ccc(C(N)=O)c(C4CC4)c3)cnc12. The molecule has 0 aliphatic heterocycles. The Kier molecular flexibility index (Phi) is 6.49. The Labute approximate surface area is 227 Å². The first-order chi connectivity index (χ1) is 19.0. The highest BCUT2D eigenvalue weighted by Crippen LogP contribution is 2.43. The molecule has 0 radical (unpaired) electrons. The Hall–Kier alpha value is -4.65. The molecule has 1 aliphatic carbocycles. The van der Waals surface area contributed by atoms with E-state index in [2.05, 4.69) is 29.6 Å². The van der Waals surface area contributed by atoms with Crippen LogP contribution in [-0.4, -0.2) is 26.8 Å². The second-order valence-corrected chi connectivity index (χ2v) is 10.4. The van der Waals surface area contributed by atoms with Crippen LogP contribution in [0.1, 0.15) is 48.5 Å². The summed E-state index contributed by atoms with van der Waals surface area (Å²) in [6, 6.07) is 23.5. The van der Waals surface area contributed by atoms with E-state index < -0.39 is 0 Å². The van der Waals surface area contributed by atoms with Crippen molar-refractivity contribution in [1.29, 1.82) is 0 Å². The summed E-state index contributed by atoms with van der Waals surface area (Å²) in [4.78, 5) is 21.8. The highest BCUT2D eigenvalue weighted by molar-refractivity contribution is 5.95. The van der Waals surface area contributed by atoms with Crippen molar-refractivity contribution in [3.8, 4) is 34.0 Å². The van der Waals surface area contributed by atoms with Gasteiger partial charge in [-0.2, -0.15) is 0 Å². The van der Waals surface area contributed by atoms with Crippen LogP contribution in [0.3, 0.4) is 0 Å². The van der Waals surface area contributed by atoms with E-state index >= 15 is 0 Å². The number of ether oxygens (including phenoxy) is 1. The molecule has 3 aromatic carbocycles. The summed E-state index contributed by atoms with van der Waals surface area (Å²) in [6.07, 6.45) is 6.02. The fraction of sp³-hybridized carbons (Fsp3) is 0.219. The Morgan fingerprint density at radius 2 is 1.85 bits per heavy atom. The minimum absolute atomic E-state index is 0.383. The third-order valence-electron chi connectivity index (χ3n) is 6.93. The first-order valence-corrected chi connectivity index (χ1v) is 13.4. The third-order valence-corrected chi connectivity index (χ3v) is 6.93. The van der Waals surface area contributed by atoms with Gasteiger partial charge in [-0.3, -0.25) is 9.20 Å². The summed E-state index contributed by atoms with van der Waals surface area (Å²) in [5.74, 6) is 2.61. The van der Waals surface area contributed by atoms with Gasteiger partial charge in [0.05, 0.1) is 17.6 Å². The van der Waals surface area contributed by atoms with Crippen molar-refractivity contribution in [2.45, 2.75) is 32.6 Å². The van der Waals surface area contributed by atoms with Crippen LogP contribution in [-0.2, 0) is 0 Å². The van der Waals surface area contributed by atoms with Gasteiger partial charge in [-0.1, -0.05) is 50.2 Å². The van der Waals surface area contributed by atoms with Gasteiger partial charge in [-0.15, -0.1) is 0 Å². The molecule has 1 aliphatic rings. The number of nitrogens with zero attached hydrogens (tertiary/aromatic N) is 3. The van der Waals surface area contributed by atoms with E-state index in [4.69, 9.17) is 20.4 Å². The number of carbonyl (C=O) groups is 1. The van der Waals surface area contributed by atoms with Crippen LogP contribution in [0.15, 0.2) is 85.2 Å². The van der Waals surface area contributed by atoms with Gasteiger partial charge in [0.2, 0.25) is 5.91 Å². The number of benzene rings is 3. The number of nitrogens with two attached hydrogens (primary N) is 1. The molecule has 0 spiro atoms. The van der Waals surface area contributed by atoms with Gasteiger partial charge in [0.1, 0.15) is 11.5 Å². The van der Waals surface area contributed by atoms with E-state index in [0.29, 0.717) is 29.0 Å². The Morgan fingerprint density at radius 1 is 1.08 bits per heavy atom. The summed E-state index contributed by atoms with van der Waals surface area (Å²) in [5.41, 5.74) is 11.6. The maximum absolute atomic E-state index is 12.1. The molecule has 5 aromatic rings. The fourth-order valence-electron chi connectivity index (χ4n) is 4.81. The molecule has 2 aromatic heterocycles. The zero-order valence-electron chi connectivity index (χ0n) is 22.1. The normalized spacial score (nSPS) is 13.1. The van der Waals surface area contributed by atoms with E-state index in [0.717, 1.165) is 58.9 Å². The van der Waals surface area contributed by atoms with E-state index in [1.807, 2.05) is 79.1 Å². The number of anilines is 1. The predicted molar refractivity (Wildman–Crippen MR) is 154 cm³/mol. The number of para-hydroxylation sites is 2. The molecule has 2 heterocycles. The van der Waals surface area contributed by atoms with Crippen LogP contribution in [0.5, 0.6) is 11.5 Å². The molecule has 0 atom stereocenters. The third kappa shape index (κ3) is 5.08. The molecule has 3 N–H and O–H groups in total. The quantitative estimate of drug-likeness (QED) is 0.222. The first-order valence-electron chi connectivity index (χ1n) is 13.4. The minimum atomic E-state index is -0.386. The molecule has 6 rings (SSSR count). The number of imidazole rings is 1. The number of hydrogen-bond acceptors (Lipinski definition) is 5. The van der Waals surface area contributed by atoms with Crippen LogP contribution in [0.25, 0.3) is 28.2 Å². The summed E-state index contributed by atoms with van der Waals surface area (Å²) < 4.78 is 8.34. The number of aromatic nitrogens is 3. The second-order valence-electron chi connectivity index (χ2n) is 10.4. The van der Waals surface area contributed by atoms with Gasteiger partial charge < -0.3 is 15.8 Å². The highest BCUT2D eigenvalue weighted by atomic mass is 16.5. The van der Waals surface area contributed by atoms with E-state index in [1.54, 1.807) is 0 Å². The van der Waals surface area contributed by atoms with Crippen molar-refractivity contribution in [2.75, 3.05) is 11.9 Å².